The first kappa shape index (κ1) is 12.4. The molecule has 0 radical (unpaired) electrons. The van der Waals surface area contributed by atoms with Crippen molar-refractivity contribution in [2.24, 2.45) is 0 Å². The molecule has 92 valence electrons. The molecule has 1 heterocycles. The van der Waals surface area contributed by atoms with Gasteiger partial charge in [-0.3, -0.25) is 4.79 Å². The molecule has 0 unspecified atom stereocenters. The van der Waals surface area contributed by atoms with Gasteiger partial charge in [-0.25, -0.2) is 4.98 Å². The molecule has 1 fully saturated rings. The van der Waals surface area contributed by atoms with Crippen molar-refractivity contribution in [2.45, 2.75) is 48.9 Å². The van der Waals surface area contributed by atoms with Crippen LogP contribution in [0.2, 0.25) is 0 Å². The van der Waals surface area contributed by atoms with E-state index in [0.29, 0.717) is 6.04 Å². The van der Waals surface area contributed by atoms with Crippen LogP contribution in [0.25, 0.3) is 0 Å². The van der Waals surface area contributed by atoms with Crippen LogP contribution in [-0.4, -0.2) is 22.2 Å². The standard InChI is InChI=1S/C13H18N2OS/c1-10(17-12-8-4-5-9-14-12)13(16)15-11-6-2-3-7-11/h4-5,8-11H,2-3,6-7H2,1H3,(H,15,16)/t10-/m0/s1. The minimum Gasteiger partial charge on any atom is -0.352 e. The highest BCUT2D eigenvalue weighted by Gasteiger charge is 2.21. The van der Waals surface area contributed by atoms with E-state index in [-0.39, 0.29) is 11.2 Å². The summed E-state index contributed by atoms with van der Waals surface area (Å²) in [6.45, 7) is 1.93. The Labute approximate surface area is 106 Å². The van der Waals surface area contributed by atoms with Gasteiger partial charge in [-0.2, -0.15) is 0 Å². The van der Waals surface area contributed by atoms with Crippen LogP contribution in [0.4, 0.5) is 0 Å². The molecule has 4 heteroatoms. The Kier molecular flexibility index (Phi) is 4.42. The van der Waals surface area contributed by atoms with E-state index in [1.54, 1.807) is 6.20 Å². The fourth-order valence-electron chi connectivity index (χ4n) is 2.04. The average Bonchev–Trinajstić information content (AvgIpc) is 2.83. The van der Waals surface area contributed by atoms with Crippen LogP contribution in [0.15, 0.2) is 29.4 Å². The smallest absolute Gasteiger partial charge is 0.233 e. The molecule has 0 aromatic carbocycles. The number of nitrogens with one attached hydrogen (secondary N) is 1. The quantitative estimate of drug-likeness (QED) is 0.835. The number of amides is 1. The second-order valence-corrected chi connectivity index (χ2v) is 5.78. The van der Waals surface area contributed by atoms with E-state index in [4.69, 9.17) is 0 Å². The summed E-state index contributed by atoms with van der Waals surface area (Å²) in [5.74, 6) is 0.132. The van der Waals surface area contributed by atoms with Crippen molar-refractivity contribution in [1.29, 1.82) is 0 Å². The Morgan fingerprint density at radius 1 is 1.47 bits per heavy atom. The van der Waals surface area contributed by atoms with Gasteiger partial charge in [0.2, 0.25) is 5.91 Å². The van der Waals surface area contributed by atoms with Gasteiger partial charge in [0, 0.05) is 12.2 Å². The minimum absolute atomic E-state index is 0.0782. The van der Waals surface area contributed by atoms with Gasteiger partial charge >= 0.3 is 0 Å². The van der Waals surface area contributed by atoms with E-state index in [9.17, 15) is 4.79 Å². The first-order valence-corrected chi connectivity index (χ1v) is 7.02. The van der Waals surface area contributed by atoms with Crippen LogP contribution in [0, 0.1) is 0 Å². The predicted molar refractivity (Wildman–Crippen MR) is 70.0 cm³/mol. The van der Waals surface area contributed by atoms with Crippen LogP contribution >= 0.6 is 11.8 Å². The summed E-state index contributed by atoms with van der Waals surface area (Å²) < 4.78 is 0. The normalized spacial score (nSPS) is 17.9. The molecule has 2 rings (SSSR count). The van der Waals surface area contributed by atoms with Gasteiger partial charge < -0.3 is 5.32 Å². The van der Waals surface area contributed by atoms with Gasteiger partial charge in [-0.05, 0) is 31.9 Å². The largest absolute Gasteiger partial charge is 0.352 e. The number of hydrogen-bond donors (Lipinski definition) is 1. The molecule has 0 saturated heterocycles. The van der Waals surface area contributed by atoms with E-state index in [1.165, 1.54) is 24.6 Å². The molecule has 1 aromatic rings. The lowest BCUT2D eigenvalue weighted by atomic mass is 10.2. The molecule has 1 atom stereocenters. The molecule has 1 aromatic heterocycles. The van der Waals surface area contributed by atoms with Crippen LogP contribution in [-0.2, 0) is 4.79 Å². The third-order valence-corrected chi connectivity index (χ3v) is 4.06. The van der Waals surface area contributed by atoms with E-state index in [0.717, 1.165) is 17.9 Å². The van der Waals surface area contributed by atoms with Crippen molar-refractivity contribution in [1.82, 2.24) is 10.3 Å². The minimum atomic E-state index is -0.0782. The predicted octanol–water partition coefficient (Wildman–Crippen LogP) is 2.62. The molecule has 1 saturated carbocycles. The number of carbonyl (C=O) groups is 1. The number of aromatic nitrogens is 1. The number of carbonyl (C=O) groups excluding carboxylic acids is 1. The summed E-state index contributed by atoms with van der Waals surface area (Å²) in [5.41, 5.74) is 0. The Hall–Kier alpha value is -1.03. The first-order valence-electron chi connectivity index (χ1n) is 6.14. The van der Waals surface area contributed by atoms with Crippen molar-refractivity contribution in [3.63, 3.8) is 0 Å². The number of hydrogen-bond acceptors (Lipinski definition) is 3. The molecule has 17 heavy (non-hydrogen) atoms. The highest BCUT2D eigenvalue weighted by molar-refractivity contribution is 8.00. The molecular weight excluding hydrogens is 232 g/mol. The number of rotatable bonds is 4. The summed E-state index contributed by atoms with van der Waals surface area (Å²) in [7, 11) is 0. The van der Waals surface area contributed by atoms with Crippen LogP contribution in [0.3, 0.4) is 0 Å². The Morgan fingerprint density at radius 2 is 2.24 bits per heavy atom. The fourth-order valence-corrected chi connectivity index (χ4v) is 2.86. The maximum atomic E-state index is 11.9. The summed E-state index contributed by atoms with van der Waals surface area (Å²) in [5, 5.41) is 3.94. The van der Waals surface area contributed by atoms with E-state index < -0.39 is 0 Å². The number of thioether (sulfide) groups is 1. The first-order chi connectivity index (χ1) is 8.25. The topological polar surface area (TPSA) is 42.0 Å². The Bertz CT molecular complexity index is 363. The van der Waals surface area contributed by atoms with Gasteiger partial charge in [0.15, 0.2) is 0 Å². The van der Waals surface area contributed by atoms with Crippen molar-refractivity contribution in [3.05, 3.63) is 24.4 Å². The average molecular weight is 250 g/mol. The van der Waals surface area contributed by atoms with E-state index in [1.807, 2.05) is 25.1 Å². The summed E-state index contributed by atoms with van der Waals surface area (Å²) in [6.07, 6.45) is 6.50. The van der Waals surface area contributed by atoms with Crippen LogP contribution in [0.5, 0.6) is 0 Å². The molecule has 1 amide bonds. The van der Waals surface area contributed by atoms with Gasteiger partial charge in [0.05, 0.1) is 10.3 Å². The van der Waals surface area contributed by atoms with E-state index in [2.05, 4.69) is 10.3 Å². The molecular formula is C13H18N2OS. The zero-order valence-electron chi connectivity index (χ0n) is 10.1. The lowest BCUT2D eigenvalue weighted by Gasteiger charge is -2.15. The van der Waals surface area contributed by atoms with Crippen molar-refractivity contribution >= 4 is 17.7 Å². The van der Waals surface area contributed by atoms with Gasteiger partial charge in [-0.15, -0.1) is 0 Å². The van der Waals surface area contributed by atoms with Crippen LogP contribution in [0.1, 0.15) is 32.6 Å². The zero-order valence-corrected chi connectivity index (χ0v) is 10.9. The molecule has 1 N–H and O–H groups in total. The maximum absolute atomic E-state index is 11.9. The number of nitrogens with zero attached hydrogens (tertiary/aromatic N) is 1. The molecule has 1 aliphatic rings. The second-order valence-electron chi connectivity index (χ2n) is 4.42. The molecule has 0 bridgehead atoms. The van der Waals surface area contributed by atoms with Crippen molar-refractivity contribution in [3.8, 4) is 0 Å². The lowest BCUT2D eigenvalue weighted by molar-refractivity contribution is -0.120. The summed E-state index contributed by atoms with van der Waals surface area (Å²) in [6, 6.07) is 6.16. The summed E-state index contributed by atoms with van der Waals surface area (Å²) >= 11 is 1.51. The zero-order chi connectivity index (χ0) is 12.1. The van der Waals surface area contributed by atoms with Gasteiger partial charge in [0.25, 0.3) is 0 Å². The van der Waals surface area contributed by atoms with E-state index >= 15 is 0 Å². The molecule has 3 nitrogen and oxygen atoms in total. The van der Waals surface area contributed by atoms with Crippen LogP contribution < -0.4 is 5.32 Å². The van der Waals surface area contributed by atoms with Gasteiger partial charge in [0.1, 0.15) is 0 Å². The van der Waals surface area contributed by atoms with Gasteiger partial charge in [-0.1, -0.05) is 30.7 Å². The highest BCUT2D eigenvalue weighted by atomic mass is 32.2. The SMILES string of the molecule is C[C@H](Sc1ccccn1)C(=O)NC1CCCC1. The number of pyridine rings is 1. The Morgan fingerprint density at radius 3 is 2.88 bits per heavy atom. The molecule has 1 aliphatic carbocycles. The van der Waals surface area contributed by atoms with Crippen molar-refractivity contribution in [2.75, 3.05) is 0 Å². The summed E-state index contributed by atoms with van der Waals surface area (Å²) in [4.78, 5) is 16.2. The monoisotopic (exact) mass is 250 g/mol. The maximum Gasteiger partial charge on any atom is 0.233 e. The highest BCUT2D eigenvalue weighted by Crippen LogP contribution is 2.22. The molecule has 0 spiro atoms. The molecule has 0 aliphatic heterocycles. The Balaban J connectivity index is 1.82. The van der Waals surface area contributed by atoms with Crippen molar-refractivity contribution < 1.29 is 4.79 Å². The second kappa shape index (κ2) is 6.05. The third kappa shape index (κ3) is 3.73. The lowest BCUT2D eigenvalue weighted by Crippen LogP contribution is -2.37. The fraction of sp³-hybridized carbons (Fsp3) is 0.538. The third-order valence-electron chi connectivity index (χ3n) is 3.01.